The molecule has 1 aromatic carbocycles. The Bertz CT molecular complexity index is 512. The highest BCUT2D eigenvalue weighted by Gasteiger charge is 2.01. The molecule has 0 saturated heterocycles. The average Bonchev–Trinajstić information content (AvgIpc) is 2.28. The zero-order valence-corrected chi connectivity index (χ0v) is 10.7. The molecular weight excluding hydrogens is 256 g/mol. The van der Waals surface area contributed by atoms with Crippen molar-refractivity contribution in [2.75, 3.05) is 17.3 Å². The third-order valence-corrected chi connectivity index (χ3v) is 2.97. The predicted molar refractivity (Wildman–Crippen MR) is 73.0 cm³/mol. The molecular formula is C11H11ClN4S. The second kappa shape index (κ2) is 5.25. The third kappa shape index (κ3) is 3.25. The summed E-state index contributed by atoms with van der Waals surface area (Å²) in [4.78, 5) is 9.02. The van der Waals surface area contributed by atoms with Gasteiger partial charge in [0.1, 0.15) is 11.0 Å². The Morgan fingerprint density at radius 2 is 2.12 bits per heavy atom. The number of benzene rings is 1. The summed E-state index contributed by atoms with van der Waals surface area (Å²) in [5, 5.41) is 3.45. The van der Waals surface area contributed by atoms with Crippen molar-refractivity contribution < 1.29 is 0 Å². The Balaban J connectivity index is 2.24. The number of nitrogens with zero attached hydrogens (tertiary/aromatic N) is 2. The number of nitrogen functional groups attached to an aromatic ring is 1. The lowest BCUT2D eigenvalue weighted by atomic mass is 10.3. The summed E-state index contributed by atoms with van der Waals surface area (Å²) in [6.45, 7) is 0. The number of hydrogen-bond donors (Lipinski definition) is 2. The number of rotatable bonds is 3. The highest BCUT2D eigenvalue weighted by atomic mass is 35.5. The molecule has 0 saturated carbocycles. The van der Waals surface area contributed by atoms with Crippen LogP contribution in [0.4, 0.5) is 17.5 Å². The number of aromatic nitrogens is 2. The number of halogens is 1. The van der Waals surface area contributed by atoms with E-state index >= 15 is 0 Å². The van der Waals surface area contributed by atoms with Gasteiger partial charge in [-0.2, -0.15) is 4.98 Å². The first kappa shape index (κ1) is 12.0. The molecule has 0 atom stereocenters. The van der Waals surface area contributed by atoms with E-state index in [1.165, 1.54) is 4.90 Å². The van der Waals surface area contributed by atoms with Crippen molar-refractivity contribution >= 4 is 40.8 Å². The van der Waals surface area contributed by atoms with Crippen LogP contribution in [0.15, 0.2) is 35.2 Å². The summed E-state index contributed by atoms with van der Waals surface area (Å²) in [5.74, 6) is 0.738. The zero-order chi connectivity index (χ0) is 12.3. The predicted octanol–water partition coefficient (Wildman–Crippen LogP) is 3.18. The van der Waals surface area contributed by atoms with E-state index < -0.39 is 0 Å². The van der Waals surface area contributed by atoms with Crippen LogP contribution in [-0.4, -0.2) is 16.2 Å². The first-order chi connectivity index (χ1) is 8.17. The lowest BCUT2D eigenvalue weighted by Gasteiger charge is -2.07. The Morgan fingerprint density at radius 3 is 2.82 bits per heavy atom. The minimum Gasteiger partial charge on any atom is -0.368 e. The number of nitrogens with two attached hydrogens (primary N) is 1. The SMILES string of the molecule is CSc1cccc(Nc2cc(Cl)nc(N)n2)c1. The van der Waals surface area contributed by atoms with Crippen molar-refractivity contribution in [2.45, 2.75) is 4.90 Å². The van der Waals surface area contributed by atoms with Gasteiger partial charge in [0.15, 0.2) is 0 Å². The van der Waals surface area contributed by atoms with E-state index in [1.54, 1.807) is 17.8 Å². The molecule has 1 aromatic heterocycles. The van der Waals surface area contributed by atoms with Gasteiger partial charge in [-0.05, 0) is 24.5 Å². The van der Waals surface area contributed by atoms with Gasteiger partial charge in [-0.25, -0.2) is 4.98 Å². The minimum absolute atomic E-state index is 0.154. The van der Waals surface area contributed by atoms with E-state index in [0.717, 1.165) is 5.69 Å². The molecule has 0 aliphatic heterocycles. The number of nitrogens with one attached hydrogen (secondary N) is 1. The molecule has 2 aromatic rings. The number of thioether (sulfide) groups is 1. The van der Waals surface area contributed by atoms with Crippen LogP contribution in [0.3, 0.4) is 0 Å². The van der Waals surface area contributed by atoms with E-state index in [0.29, 0.717) is 11.0 Å². The smallest absolute Gasteiger partial charge is 0.223 e. The fourth-order valence-electron chi connectivity index (χ4n) is 1.35. The molecule has 1 heterocycles. The summed E-state index contributed by atoms with van der Waals surface area (Å²) in [5.41, 5.74) is 6.45. The van der Waals surface area contributed by atoms with Crippen molar-refractivity contribution in [3.05, 3.63) is 35.5 Å². The van der Waals surface area contributed by atoms with E-state index in [4.69, 9.17) is 17.3 Å². The summed E-state index contributed by atoms with van der Waals surface area (Å²) < 4.78 is 0. The Hall–Kier alpha value is -1.46. The van der Waals surface area contributed by atoms with Gasteiger partial charge in [-0.3, -0.25) is 0 Å². The molecule has 0 spiro atoms. The van der Waals surface area contributed by atoms with Gasteiger partial charge in [-0.15, -0.1) is 11.8 Å². The van der Waals surface area contributed by atoms with Gasteiger partial charge in [0.2, 0.25) is 5.95 Å². The monoisotopic (exact) mass is 266 g/mol. The quantitative estimate of drug-likeness (QED) is 0.660. The number of hydrogen-bond acceptors (Lipinski definition) is 5. The maximum absolute atomic E-state index is 5.80. The van der Waals surface area contributed by atoms with Crippen molar-refractivity contribution in [3.63, 3.8) is 0 Å². The molecule has 88 valence electrons. The fraction of sp³-hybridized carbons (Fsp3) is 0.0909. The zero-order valence-electron chi connectivity index (χ0n) is 9.14. The van der Waals surface area contributed by atoms with Gasteiger partial charge in [0.25, 0.3) is 0 Å². The summed E-state index contributed by atoms with van der Waals surface area (Å²) in [6, 6.07) is 9.62. The van der Waals surface area contributed by atoms with Crippen LogP contribution in [0.1, 0.15) is 0 Å². The molecule has 0 amide bonds. The van der Waals surface area contributed by atoms with Crippen LogP contribution in [-0.2, 0) is 0 Å². The molecule has 0 aliphatic rings. The lowest BCUT2D eigenvalue weighted by Crippen LogP contribution is -1.99. The van der Waals surface area contributed by atoms with Gasteiger partial charge in [0.05, 0.1) is 0 Å². The van der Waals surface area contributed by atoms with Crippen molar-refractivity contribution in [1.29, 1.82) is 0 Å². The van der Waals surface area contributed by atoms with E-state index in [9.17, 15) is 0 Å². The first-order valence-electron chi connectivity index (χ1n) is 4.88. The molecule has 2 rings (SSSR count). The molecule has 3 N–H and O–H groups in total. The molecule has 0 fully saturated rings. The summed E-state index contributed by atoms with van der Waals surface area (Å²) >= 11 is 7.48. The maximum atomic E-state index is 5.80. The fourth-order valence-corrected chi connectivity index (χ4v) is 2.00. The highest BCUT2D eigenvalue weighted by molar-refractivity contribution is 7.98. The Labute approximate surface area is 109 Å². The van der Waals surface area contributed by atoms with Crippen molar-refractivity contribution in [3.8, 4) is 0 Å². The van der Waals surface area contributed by atoms with Crippen LogP contribution in [0.25, 0.3) is 0 Å². The van der Waals surface area contributed by atoms with E-state index in [1.807, 2.05) is 30.5 Å². The number of anilines is 3. The van der Waals surface area contributed by atoms with E-state index in [2.05, 4.69) is 15.3 Å². The first-order valence-corrected chi connectivity index (χ1v) is 6.49. The van der Waals surface area contributed by atoms with Gasteiger partial charge in [0, 0.05) is 16.6 Å². The molecule has 17 heavy (non-hydrogen) atoms. The molecule has 4 nitrogen and oxygen atoms in total. The third-order valence-electron chi connectivity index (χ3n) is 2.05. The minimum atomic E-state index is 0.154. The second-order valence-corrected chi connectivity index (χ2v) is 4.56. The van der Waals surface area contributed by atoms with Crippen LogP contribution in [0.2, 0.25) is 5.15 Å². The summed E-state index contributed by atoms with van der Waals surface area (Å²) in [7, 11) is 0. The molecule has 6 heteroatoms. The van der Waals surface area contributed by atoms with Gasteiger partial charge in [-0.1, -0.05) is 17.7 Å². The molecule has 0 radical (unpaired) electrons. The average molecular weight is 267 g/mol. The topological polar surface area (TPSA) is 63.8 Å². The normalized spacial score (nSPS) is 10.2. The van der Waals surface area contributed by atoms with Gasteiger partial charge < -0.3 is 11.1 Å². The van der Waals surface area contributed by atoms with Crippen molar-refractivity contribution in [1.82, 2.24) is 9.97 Å². The highest BCUT2D eigenvalue weighted by Crippen LogP contribution is 2.22. The van der Waals surface area contributed by atoms with Gasteiger partial charge >= 0.3 is 0 Å². The Morgan fingerprint density at radius 1 is 1.29 bits per heavy atom. The molecule has 0 bridgehead atoms. The van der Waals surface area contributed by atoms with Crippen LogP contribution in [0, 0.1) is 0 Å². The lowest BCUT2D eigenvalue weighted by molar-refractivity contribution is 1.18. The largest absolute Gasteiger partial charge is 0.368 e. The second-order valence-electron chi connectivity index (χ2n) is 3.29. The maximum Gasteiger partial charge on any atom is 0.223 e. The summed E-state index contributed by atoms with van der Waals surface area (Å²) in [6.07, 6.45) is 2.03. The van der Waals surface area contributed by atoms with Crippen LogP contribution < -0.4 is 11.1 Å². The van der Waals surface area contributed by atoms with Crippen LogP contribution >= 0.6 is 23.4 Å². The standard InChI is InChI=1S/C11H11ClN4S/c1-17-8-4-2-3-7(5-8)14-10-6-9(12)15-11(13)16-10/h2-6H,1H3,(H3,13,14,15,16). The molecule has 0 unspecified atom stereocenters. The molecule has 0 aliphatic carbocycles. The van der Waals surface area contributed by atoms with E-state index in [-0.39, 0.29) is 5.95 Å². The van der Waals surface area contributed by atoms with Crippen LogP contribution in [0.5, 0.6) is 0 Å². The Kier molecular flexibility index (Phi) is 3.71. The van der Waals surface area contributed by atoms with Crippen molar-refractivity contribution in [2.24, 2.45) is 0 Å².